The van der Waals surface area contributed by atoms with Crippen molar-refractivity contribution in [3.8, 4) is 5.75 Å². The van der Waals surface area contributed by atoms with Crippen LogP contribution in [0.5, 0.6) is 5.75 Å². The van der Waals surface area contributed by atoms with Crippen molar-refractivity contribution in [1.82, 2.24) is 5.32 Å². The Bertz CT molecular complexity index is 491. The number of amides is 1. The van der Waals surface area contributed by atoms with E-state index in [1.54, 1.807) is 0 Å². The first-order chi connectivity index (χ1) is 8.97. The van der Waals surface area contributed by atoms with Crippen LogP contribution in [0, 0.1) is 0 Å². The molecule has 0 bridgehead atoms. The SMILES string of the molecule is CCC(CC(N)=NO)NC(=O)c1ccc(O)c(Cl)c1. The molecular weight excluding hydrogens is 270 g/mol. The number of amidine groups is 1. The summed E-state index contributed by atoms with van der Waals surface area (Å²) in [5.74, 6) is -0.364. The van der Waals surface area contributed by atoms with Crippen molar-refractivity contribution in [2.75, 3.05) is 0 Å². The van der Waals surface area contributed by atoms with Crippen molar-refractivity contribution in [2.45, 2.75) is 25.8 Å². The van der Waals surface area contributed by atoms with E-state index in [4.69, 9.17) is 22.5 Å². The van der Waals surface area contributed by atoms with E-state index >= 15 is 0 Å². The molecule has 104 valence electrons. The smallest absolute Gasteiger partial charge is 0.251 e. The maximum Gasteiger partial charge on any atom is 0.251 e. The van der Waals surface area contributed by atoms with Crippen molar-refractivity contribution in [3.05, 3.63) is 28.8 Å². The molecule has 0 radical (unpaired) electrons. The number of nitrogens with two attached hydrogens (primary N) is 1. The van der Waals surface area contributed by atoms with Crippen LogP contribution in [0.1, 0.15) is 30.1 Å². The third-order valence-electron chi connectivity index (χ3n) is 2.62. The van der Waals surface area contributed by atoms with Crippen molar-refractivity contribution in [3.63, 3.8) is 0 Å². The van der Waals surface area contributed by atoms with Gasteiger partial charge in [0.25, 0.3) is 5.91 Å². The molecule has 0 aliphatic rings. The molecule has 19 heavy (non-hydrogen) atoms. The molecule has 1 aromatic carbocycles. The summed E-state index contributed by atoms with van der Waals surface area (Å²) < 4.78 is 0. The Morgan fingerprint density at radius 3 is 2.79 bits per heavy atom. The van der Waals surface area contributed by atoms with Crippen LogP contribution in [0.2, 0.25) is 5.02 Å². The lowest BCUT2D eigenvalue weighted by Crippen LogP contribution is -2.37. The van der Waals surface area contributed by atoms with E-state index in [1.807, 2.05) is 6.92 Å². The zero-order valence-corrected chi connectivity index (χ0v) is 11.2. The molecule has 0 aliphatic heterocycles. The van der Waals surface area contributed by atoms with Crippen LogP contribution in [0.4, 0.5) is 0 Å². The van der Waals surface area contributed by atoms with E-state index < -0.39 is 0 Å². The summed E-state index contributed by atoms with van der Waals surface area (Å²) >= 11 is 5.73. The van der Waals surface area contributed by atoms with E-state index in [9.17, 15) is 9.90 Å². The zero-order chi connectivity index (χ0) is 14.4. The summed E-state index contributed by atoms with van der Waals surface area (Å²) in [4.78, 5) is 12.0. The van der Waals surface area contributed by atoms with Gasteiger partial charge in [-0.1, -0.05) is 23.7 Å². The van der Waals surface area contributed by atoms with Gasteiger partial charge in [0, 0.05) is 18.0 Å². The number of nitrogens with zero attached hydrogens (tertiary/aromatic N) is 1. The summed E-state index contributed by atoms with van der Waals surface area (Å²) in [6.07, 6.45) is 0.887. The molecule has 0 heterocycles. The third kappa shape index (κ3) is 4.33. The molecule has 1 amide bonds. The van der Waals surface area contributed by atoms with Gasteiger partial charge in [-0.25, -0.2) is 0 Å². The van der Waals surface area contributed by atoms with Crippen molar-refractivity contribution in [1.29, 1.82) is 0 Å². The largest absolute Gasteiger partial charge is 0.506 e. The number of benzene rings is 1. The Labute approximate surface area is 115 Å². The van der Waals surface area contributed by atoms with Gasteiger partial charge >= 0.3 is 0 Å². The first-order valence-corrected chi connectivity index (χ1v) is 6.11. The summed E-state index contributed by atoms with van der Waals surface area (Å²) in [6.45, 7) is 1.87. The highest BCUT2D eigenvalue weighted by atomic mass is 35.5. The van der Waals surface area contributed by atoms with Crippen LogP contribution in [0.15, 0.2) is 23.4 Å². The lowest BCUT2D eigenvalue weighted by Gasteiger charge is -2.16. The zero-order valence-electron chi connectivity index (χ0n) is 10.4. The number of halogens is 1. The topological polar surface area (TPSA) is 108 Å². The number of phenolic OH excluding ortho intramolecular Hbond substituents is 1. The Morgan fingerprint density at radius 1 is 1.58 bits per heavy atom. The molecule has 1 unspecified atom stereocenters. The van der Waals surface area contributed by atoms with E-state index in [-0.39, 0.29) is 35.0 Å². The normalized spacial score (nSPS) is 13.1. The van der Waals surface area contributed by atoms with Crippen LogP contribution in [-0.4, -0.2) is 28.1 Å². The second-order valence-electron chi connectivity index (χ2n) is 4.04. The van der Waals surface area contributed by atoms with Crippen molar-refractivity contribution in [2.24, 2.45) is 10.9 Å². The highest BCUT2D eigenvalue weighted by Gasteiger charge is 2.14. The molecule has 1 rings (SSSR count). The molecule has 0 aliphatic carbocycles. The Kier molecular flexibility index (Phi) is 5.44. The fraction of sp³-hybridized carbons (Fsp3) is 0.333. The summed E-state index contributed by atoms with van der Waals surface area (Å²) in [5, 5.41) is 23.5. The first-order valence-electron chi connectivity index (χ1n) is 5.73. The van der Waals surface area contributed by atoms with E-state index in [0.717, 1.165) is 0 Å². The summed E-state index contributed by atoms with van der Waals surface area (Å²) in [5.41, 5.74) is 5.74. The number of rotatable bonds is 5. The minimum absolute atomic E-state index is 0.0517. The minimum atomic E-state index is -0.334. The number of carbonyl (C=O) groups excluding carboxylic acids is 1. The first kappa shape index (κ1) is 15.1. The Hall–Kier alpha value is -1.95. The van der Waals surface area contributed by atoms with Gasteiger partial charge in [-0.3, -0.25) is 4.79 Å². The molecule has 1 aromatic rings. The molecule has 0 saturated carbocycles. The number of nitrogens with one attached hydrogen (secondary N) is 1. The number of hydrogen-bond donors (Lipinski definition) is 4. The summed E-state index contributed by atoms with van der Waals surface area (Å²) in [7, 11) is 0. The van der Waals surface area contributed by atoms with Crippen LogP contribution in [-0.2, 0) is 0 Å². The predicted molar refractivity (Wildman–Crippen MR) is 72.7 cm³/mol. The van der Waals surface area contributed by atoms with Crippen LogP contribution >= 0.6 is 11.6 Å². The molecule has 7 heteroatoms. The lowest BCUT2D eigenvalue weighted by molar-refractivity contribution is 0.0937. The van der Waals surface area contributed by atoms with Gasteiger partial charge in [0.05, 0.1) is 5.02 Å². The maximum absolute atomic E-state index is 12.0. The van der Waals surface area contributed by atoms with Gasteiger partial charge in [0.1, 0.15) is 11.6 Å². The quantitative estimate of drug-likeness (QED) is 0.286. The number of carbonyl (C=O) groups is 1. The van der Waals surface area contributed by atoms with E-state index in [2.05, 4.69) is 10.5 Å². The molecule has 0 spiro atoms. The van der Waals surface area contributed by atoms with E-state index in [0.29, 0.717) is 12.0 Å². The molecule has 5 N–H and O–H groups in total. The molecule has 0 fully saturated rings. The van der Waals surface area contributed by atoms with E-state index in [1.165, 1.54) is 18.2 Å². The number of aromatic hydroxyl groups is 1. The fourth-order valence-corrected chi connectivity index (χ4v) is 1.69. The monoisotopic (exact) mass is 285 g/mol. The number of hydrogen-bond acceptors (Lipinski definition) is 4. The highest BCUT2D eigenvalue weighted by Crippen LogP contribution is 2.23. The lowest BCUT2D eigenvalue weighted by atomic mass is 10.1. The average molecular weight is 286 g/mol. The van der Waals surface area contributed by atoms with Crippen LogP contribution in [0.25, 0.3) is 0 Å². The van der Waals surface area contributed by atoms with Crippen LogP contribution in [0.3, 0.4) is 0 Å². The highest BCUT2D eigenvalue weighted by molar-refractivity contribution is 6.32. The summed E-state index contributed by atoms with van der Waals surface area (Å²) in [6, 6.07) is 3.95. The molecule has 1 atom stereocenters. The fourth-order valence-electron chi connectivity index (χ4n) is 1.51. The maximum atomic E-state index is 12.0. The average Bonchev–Trinajstić information content (AvgIpc) is 2.40. The molecule has 0 aromatic heterocycles. The standard InChI is InChI=1S/C12H16ClN3O3/c1-2-8(6-11(14)16-19)15-12(18)7-3-4-10(17)9(13)5-7/h3-5,8,17,19H,2,6H2,1H3,(H2,14,16)(H,15,18). The number of phenols is 1. The predicted octanol–water partition coefficient (Wildman–Crippen LogP) is 1.69. The van der Waals surface area contributed by atoms with Gasteiger partial charge in [0.15, 0.2) is 0 Å². The molecule has 0 saturated heterocycles. The van der Waals surface area contributed by atoms with Gasteiger partial charge in [-0.2, -0.15) is 0 Å². The van der Waals surface area contributed by atoms with Gasteiger partial charge < -0.3 is 21.4 Å². The molecular formula is C12H16ClN3O3. The van der Waals surface area contributed by atoms with Gasteiger partial charge in [-0.05, 0) is 24.6 Å². The number of oxime groups is 1. The van der Waals surface area contributed by atoms with Crippen LogP contribution < -0.4 is 11.1 Å². The second-order valence-corrected chi connectivity index (χ2v) is 4.45. The second kappa shape index (κ2) is 6.84. The Balaban J connectivity index is 2.74. The van der Waals surface area contributed by atoms with Gasteiger partial charge in [0.2, 0.25) is 0 Å². The van der Waals surface area contributed by atoms with Crippen molar-refractivity contribution >= 4 is 23.3 Å². The van der Waals surface area contributed by atoms with Gasteiger partial charge in [-0.15, -0.1) is 0 Å². The molecule has 6 nitrogen and oxygen atoms in total. The Morgan fingerprint density at radius 2 is 2.26 bits per heavy atom. The third-order valence-corrected chi connectivity index (χ3v) is 2.92. The van der Waals surface area contributed by atoms with Crippen molar-refractivity contribution < 1.29 is 15.1 Å². The minimum Gasteiger partial charge on any atom is -0.506 e.